The lowest BCUT2D eigenvalue weighted by Gasteiger charge is -2.35. The van der Waals surface area contributed by atoms with Crippen LogP contribution in [0.2, 0.25) is 0 Å². The number of benzene rings is 3. The summed E-state index contributed by atoms with van der Waals surface area (Å²) in [7, 11) is 1.56. The largest absolute Gasteiger partial charge is 0.496 e. The third-order valence-corrected chi connectivity index (χ3v) is 5.45. The maximum Gasteiger partial charge on any atom is 0.272 e. The second-order valence-electron chi connectivity index (χ2n) is 8.87. The number of ketones is 1. The van der Waals surface area contributed by atoms with Crippen molar-refractivity contribution in [1.82, 2.24) is 10.4 Å². The first-order valence-corrected chi connectivity index (χ1v) is 11.2. The van der Waals surface area contributed by atoms with E-state index in [1.165, 1.54) is 5.01 Å². The van der Waals surface area contributed by atoms with Crippen LogP contribution in [-0.4, -0.2) is 35.3 Å². The standard InChI is InChI=1S/C28H30N2O4/c1-6-22-23(16-11-17-24(22)34-5)26(32)29-30(28(2,3)4)27(33)21-15-10-14-20(18-21)25(31)19-12-8-7-9-13-19/h7-18H,6H2,1-5H3,(H,29,32). The van der Waals surface area contributed by atoms with Crippen molar-refractivity contribution in [2.75, 3.05) is 7.11 Å². The van der Waals surface area contributed by atoms with E-state index in [9.17, 15) is 14.4 Å². The van der Waals surface area contributed by atoms with Crippen molar-refractivity contribution in [1.29, 1.82) is 0 Å². The Morgan fingerprint density at radius 2 is 1.47 bits per heavy atom. The van der Waals surface area contributed by atoms with Crippen LogP contribution in [0.3, 0.4) is 0 Å². The fourth-order valence-corrected chi connectivity index (χ4v) is 3.70. The van der Waals surface area contributed by atoms with E-state index in [0.717, 1.165) is 5.56 Å². The Hall–Kier alpha value is -3.93. The van der Waals surface area contributed by atoms with Crippen molar-refractivity contribution in [2.45, 2.75) is 39.7 Å². The van der Waals surface area contributed by atoms with Crippen LogP contribution in [0.15, 0.2) is 72.8 Å². The van der Waals surface area contributed by atoms with Gasteiger partial charge in [0.25, 0.3) is 11.8 Å². The Balaban J connectivity index is 1.92. The topological polar surface area (TPSA) is 75.7 Å². The van der Waals surface area contributed by atoms with Gasteiger partial charge >= 0.3 is 0 Å². The number of carbonyl (C=O) groups is 3. The summed E-state index contributed by atoms with van der Waals surface area (Å²) in [6.07, 6.45) is 0.597. The van der Waals surface area contributed by atoms with Crippen molar-refractivity contribution >= 4 is 17.6 Å². The van der Waals surface area contributed by atoms with Crippen LogP contribution in [0.4, 0.5) is 0 Å². The molecule has 0 saturated carbocycles. The molecule has 0 saturated heterocycles. The van der Waals surface area contributed by atoms with Gasteiger partial charge in [-0.1, -0.05) is 55.5 Å². The highest BCUT2D eigenvalue weighted by Crippen LogP contribution is 2.24. The molecule has 0 unspecified atom stereocenters. The molecule has 1 N–H and O–H groups in total. The molecule has 0 fully saturated rings. The molecule has 0 aliphatic heterocycles. The Labute approximate surface area is 200 Å². The molecule has 3 aromatic carbocycles. The summed E-state index contributed by atoms with van der Waals surface area (Å²) in [5, 5.41) is 1.31. The Morgan fingerprint density at radius 1 is 0.853 bits per heavy atom. The monoisotopic (exact) mass is 458 g/mol. The van der Waals surface area contributed by atoms with Gasteiger partial charge in [-0.2, -0.15) is 0 Å². The molecule has 0 spiro atoms. The molecule has 0 atom stereocenters. The van der Waals surface area contributed by atoms with Crippen molar-refractivity contribution in [2.24, 2.45) is 0 Å². The van der Waals surface area contributed by atoms with Crippen molar-refractivity contribution < 1.29 is 19.1 Å². The maximum atomic E-state index is 13.5. The zero-order valence-corrected chi connectivity index (χ0v) is 20.2. The number of methoxy groups -OCH3 is 1. The minimum absolute atomic E-state index is 0.175. The lowest BCUT2D eigenvalue weighted by atomic mass is 10.00. The molecule has 0 aromatic heterocycles. The van der Waals surface area contributed by atoms with Gasteiger partial charge in [-0.25, -0.2) is 5.01 Å². The Bertz CT molecular complexity index is 1200. The molecular formula is C28H30N2O4. The molecule has 0 aliphatic carbocycles. The molecule has 0 bridgehead atoms. The van der Waals surface area contributed by atoms with E-state index >= 15 is 0 Å². The summed E-state index contributed by atoms with van der Waals surface area (Å²) >= 11 is 0. The van der Waals surface area contributed by atoms with Crippen molar-refractivity contribution in [3.8, 4) is 5.75 Å². The number of nitrogens with one attached hydrogen (secondary N) is 1. The molecule has 34 heavy (non-hydrogen) atoms. The lowest BCUT2D eigenvalue weighted by molar-refractivity contribution is 0.0358. The number of ether oxygens (including phenoxy) is 1. The summed E-state index contributed by atoms with van der Waals surface area (Å²) in [5.41, 5.74) is 4.51. The molecule has 176 valence electrons. The number of amides is 2. The Morgan fingerprint density at radius 3 is 2.09 bits per heavy atom. The second kappa shape index (κ2) is 10.3. The van der Waals surface area contributed by atoms with Crippen LogP contribution in [0.5, 0.6) is 5.75 Å². The first kappa shape index (κ1) is 24.7. The van der Waals surface area contributed by atoms with Gasteiger partial charge < -0.3 is 4.74 Å². The van der Waals surface area contributed by atoms with Gasteiger partial charge in [-0.15, -0.1) is 0 Å². The van der Waals surface area contributed by atoms with Crippen LogP contribution in [0.1, 0.15) is 69.9 Å². The van der Waals surface area contributed by atoms with Gasteiger partial charge in [0.15, 0.2) is 5.78 Å². The van der Waals surface area contributed by atoms with E-state index < -0.39 is 17.4 Å². The molecule has 0 radical (unpaired) electrons. The molecular weight excluding hydrogens is 428 g/mol. The quantitative estimate of drug-likeness (QED) is 0.413. The average Bonchev–Trinajstić information content (AvgIpc) is 2.85. The van der Waals surface area contributed by atoms with Gasteiger partial charge in [0, 0.05) is 27.8 Å². The minimum atomic E-state index is -0.725. The van der Waals surface area contributed by atoms with E-state index in [2.05, 4.69) is 5.43 Å². The summed E-state index contributed by atoms with van der Waals surface area (Å²) in [4.78, 5) is 39.6. The highest BCUT2D eigenvalue weighted by Gasteiger charge is 2.30. The van der Waals surface area contributed by atoms with Crippen molar-refractivity contribution in [3.63, 3.8) is 0 Å². The lowest BCUT2D eigenvalue weighted by Crippen LogP contribution is -2.56. The van der Waals surface area contributed by atoms with Gasteiger partial charge in [0.2, 0.25) is 0 Å². The van der Waals surface area contributed by atoms with Crippen LogP contribution in [0.25, 0.3) is 0 Å². The molecule has 2 amide bonds. The highest BCUT2D eigenvalue weighted by atomic mass is 16.5. The predicted molar refractivity (Wildman–Crippen MR) is 132 cm³/mol. The van der Waals surface area contributed by atoms with E-state index in [1.54, 1.807) is 73.8 Å². The Kier molecular flexibility index (Phi) is 7.51. The first-order valence-electron chi connectivity index (χ1n) is 11.2. The van der Waals surface area contributed by atoms with E-state index in [-0.39, 0.29) is 5.78 Å². The minimum Gasteiger partial charge on any atom is -0.496 e. The van der Waals surface area contributed by atoms with Gasteiger partial charge in [0.1, 0.15) is 5.75 Å². The summed E-state index contributed by atoms with van der Waals surface area (Å²) in [6, 6.07) is 20.7. The van der Waals surface area contributed by atoms with E-state index in [1.807, 2.05) is 33.8 Å². The zero-order valence-electron chi connectivity index (χ0n) is 20.2. The third kappa shape index (κ3) is 5.34. The second-order valence-corrected chi connectivity index (χ2v) is 8.87. The number of carbonyl (C=O) groups excluding carboxylic acids is 3. The molecule has 6 nitrogen and oxygen atoms in total. The molecule has 0 aliphatic rings. The smallest absolute Gasteiger partial charge is 0.272 e. The summed E-state index contributed by atoms with van der Waals surface area (Å²) in [5.74, 6) is -0.374. The van der Waals surface area contributed by atoms with Crippen molar-refractivity contribution in [3.05, 3.63) is 101 Å². The average molecular weight is 459 g/mol. The molecule has 6 heteroatoms. The number of hydrogen-bond acceptors (Lipinski definition) is 4. The number of hydrazine groups is 1. The summed E-state index contributed by atoms with van der Waals surface area (Å²) in [6.45, 7) is 7.43. The van der Waals surface area contributed by atoms with Crippen LogP contribution in [0, 0.1) is 0 Å². The van der Waals surface area contributed by atoms with E-state index in [4.69, 9.17) is 4.74 Å². The van der Waals surface area contributed by atoms with Crippen LogP contribution in [-0.2, 0) is 6.42 Å². The number of rotatable bonds is 6. The predicted octanol–water partition coefficient (Wildman–Crippen LogP) is 5.07. The third-order valence-electron chi connectivity index (χ3n) is 5.45. The molecule has 0 heterocycles. The molecule has 3 rings (SSSR count). The fraction of sp³-hybridized carbons (Fsp3) is 0.250. The van der Waals surface area contributed by atoms with Crippen LogP contribution >= 0.6 is 0 Å². The SMILES string of the molecule is CCc1c(OC)cccc1C(=O)NN(C(=O)c1cccc(C(=O)c2ccccc2)c1)C(C)(C)C. The maximum absolute atomic E-state index is 13.5. The van der Waals surface area contributed by atoms with Gasteiger partial charge in [0.05, 0.1) is 12.6 Å². The highest BCUT2D eigenvalue weighted by molar-refractivity contribution is 6.10. The summed E-state index contributed by atoms with van der Waals surface area (Å²) < 4.78 is 5.40. The number of hydrogen-bond donors (Lipinski definition) is 1. The van der Waals surface area contributed by atoms with Crippen LogP contribution < -0.4 is 10.2 Å². The van der Waals surface area contributed by atoms with Gasteiger partial charge in [-0.05, 0) is 51.5 Å². The first-order chi connectivity index (χ1) is 16.2. The number of nitrogens with zero attached hydrogens (tertiary/aromatic N) is 1. The fourth-order valence-electron chi connectivity index (χ4n) is 3.70. The normalized spacial score (nSPS) is 11.0. The zero-order chi connectivity index (χ0) is 24.9. The van der Waals surface area contributed by atoms with Gasteiger partial charge in [-0.3, -0.25) is 19.8 Å². The molecule has 3 aromatic rings. The van der Waals surface area contributed by atoms with E-state index in [0.29, 0.717) is 34.4 Å².